The third-order valence-corrected chi connectivity index (χ3v) is 6.08. The van der Waals surface area contributed by atoms with Crippen LogP contribution in [0.4, 0.5) is 5.69 Å². The summed E-state index contributed by atoms with van der Waals surface area (Å²) in [4.78, 5) is 38.8. The number of ether oxygens (including phenoxy) is 2. The fourth-order valence-corrected chi connectivity index (χ4v) is 3.95. The van der Waals surface area contributed by atoms with E-state index in [0.29, 0.717) is 17.6 Å². The second kappa shape index (κ2) is 8.82. The van der Waals surface area contributed by atoms with E-state index in [2.05, 4.69) is 19.6 Å². The van der Waals surface area contributed by atoms with Gasteiger partial charge in [0.25, 0.3) is 5.69 Å². The molecule has 0 bridgehead atoms. The topological polar surface area (TPSA) is 99.0 Å². The predicted molar refractivity (Wildman–Crippen MR) is 115 cm³/mol. The van der Waals surface area contributed by atoms with Gasteiger partial charge < -0.3 is 14.4 Å². The number of methoxy groups -OCH3 is 1. The molecule has 0 saturated heterocycles. The van der Waals surface area contributed by atoms with Crippen LogP contribution < -0.4 is 0 Å². The number of allylic oxidation sites excluding steroid dienone is 2. The Bertz CT molecular complexity index is 945. The lowest BCUT2D eigenvalue weighted by Crippen LogP contribution is -2.36. The van der Waals surface area contributed by atoms with Gasteiger partial charge in [-0.3, -0.25) is 10.1 Å². The van der Waals surface area contributed by atoms with Crippen molar-refractivity contribution in [3.63, 3.8) is 0 Å². The van der Waals surface area contributed by atoms with E-state index in [9.17, 15) is 19.7 Å². The molecule has 0 saturated carbocycles. The standard InChI is InChI=1S/C21H28N2O6Si/c1-13-17(20(24)28-4)19(15-10-8-9-11-16(15)23(26)27)18(14(2)22(13)3)21(25)29-12-30(5,6)7/h8-11,19H,12H2,1-7H3. The zero-order chi connectivity index (χ0) is 22.8. The highest BCUT2D eigenvalue weighted by Gasteiger charge is 2.42. The van der Waals surface area contributed by atoms with E-state index in [0.717, 1.165) is 0 Å². The van der Waals surface area contributed by atoms with Crippen molar-refractivity contribution in [1.29, 1.82) is 0 Å². The van der Waals surface area contributed by atoms with E-state index < -0.39 is 30.9 Å². The smallest absolute Gasteiger partial charge is 0.336 e. The van der Waals surface area contributed by atoms with Gasteiger partial charge in [-0.15, -0.1) is 0 Å². The van der Waals surface area contributed by atoms with Crippen LogP contribution in [0.15, 0.2) is 46.8 Å². The molecule has 1 aromatic carbocycles. The number of esters is 2. The molecule has 0 aromatic heterocycles. The van der Waals surface area contributed by atoms with Crippen molar-refractivity contribution < 1.29 is 24.0 Å². The summed E-state index contributed by atoms with van der Waals surface area (Å²) in [6.45, 7) is 9.67. The Kier molecular flexibility index (Phi) is 6.86. The summed E-state index contributed by atoms with van der Waals surface area (Å²) in [5.74, 6) is -2.20. The van der Waals surface area contributed by atoms with Gasteiger partial charge in [-0.05, 0) is 13.8 Å². The maximum atomic E-state index is 13.2. The number of nitrogens with zero attached hydrogens (tertiary/aromatic N) is 2. The Morgan fingerprint density at radius 1 is 1.10 bits per heavy atom. The molecule has 0 fully saturated rings. The first kappa shape index (κ1) is 23.3. The largest absolute Gasteiger partial charge is 0.466 e. The van der Waals surface area contributed by atoms with Crippen LogP contribution in [0.2, 0.25) is 19.6 Å². The van der Waals surface area contributed by atoms with E-state index in [1.165, 1.54) is 13.2 Å². The molecule has 2 rings (SSSR count). The van der Waals surface area contributed by atoms with Crippen LogP contribution >= 0.6 is 0 Å². The fraction of sp³-hybridized carbons (Fsp3) is 0.429. The first-order valence-electron chi connectivity index (χ1n) is 9.54. The van der Waals surface area contributed by atoms with E-state index in [-0.39, 0.29) is 22.4 Å². The minimum atomic E-state index is -1.70. The summed E-state index contributed by atoms with van der Waals surface area (Å²) < 4.78 is 10.6. The van der Waals surface area contributed by atoms with E-state index in [1.54, 1.807) is 44.0 Å². The highest BCUT2D eigenvalue weighted by molar-refractivity contribution is 6.76. The van der Waals surface area contributed by atoms with Gasteiger partial charge in [0.15, 0.2) is 0 Å². The molecule has 1 heterocycles. The van der Waals surface area contributed by atoms with E-state index in [4.69, 9.17) is 9.47 Å². The average molecular weight is 433 g/mol. The molecule has 30 heavy (non-hydrogen) atoms. The molecule has 0 amide bonds. The van der Waals surface area contributed by atoms with Gasteiger partial charge in [0, 0.05) is 30.1 Å². The van der Waals surface area contributed by atoms with Crippen molar-refractivity contribution in [2.75, 3.05) is 20.4 Å². The molecule has 0 spiro atoms. The van der Waals surface area contributed by atoms with Crippen LogP contribution in [0.3, 0.4) is 0 Å². The summed E-state index contributed by atoms with van der Waals surface area (Å²) >= 11 is 0. The molecule has 0 aliphatic carbocycles. The van der Waals surface area contributed by atoms with Crippen molar-refractivity contribution in [3.8, 4) is 0 Å². The summed E-state index contributed by atoms with van der Waals surface area (Å²) in [6, 6.07) is 6.11. The first-order chi connectivity index (χ1) is 13.9. The molecule has 1 atom stereocenters. The quantitative estimate of drug-likeness (QED) is 0.292. The SMILES string of the molecule is COC(=O)C1=C(C)N(C)C(C)=C(C(=O)OC[Si](C)(C)C)C1c1ccccc1[N+](=O)[O-]. The van der Waals surface area contributed by atoms with E-state index in [1.807, 2.05) is 0 Å². The minimum Gasteiger partial charge on any atom is -0.466 e. The number of nitro benzene ring substituents is 1. The summed E-state index contributed by atoms with van der Waals surface area (Å²) in [5.41, 5.74) is 1.59. The maximum absolute atomic E-state index is 13.2. The van der Waals surface area contributed by atoms with Gasteiger partial charge >= 0.3 is 11.9 Å². The lowest BCUT2D eigenvalue weighted by atomic mass is 9.79. The van der Waals surface area contributed by atoms with Crippen LogP contribution in [0.5, 0.6) is 0 Å². The Balaban J connectivity index is 2.75. The van der Waals surface area contributed by atoms with Gasteiger partial charge in [-0.2, -0.15) is 0 Å². The molecule has 1 aliphatic heterocycles. The highest BCUT2D eigenvalue weighted by atomic mass is 28.3. The van der Waals surface area contributed by atoms with Crippen molar-refractivity contribution in [2.45, 2.75) is 39.4 Å². The monoisotopic (exact) mass is 432 g/mol. The molecule has 1 aliphatic rings. The van der Waals surface area contributed by atoms with Gasteiger partial charge in [0.2, 0.25) is 0 Å². The Hall–Kier alpha value is -2.94. The summed E-state index contributed by atoms with van der Waals surface area (Å²) in [6.07, 6.45) is 0.298. The van der Waals surface area contributed by atoms with Crippen molar-refractivity contribution in [1.82, 2.24) is 4.90 Å². The number of carbonyl (C=O) groups excluding carboxylic acids is 2. The molecule has 8 nitrogen and oxygen atoms in total. The van der Waals surface area contributed by atoms with Gasteiger partial charge in [-0.1, -0.05) is 37.8 Å². The number of rotatable bonds is 6. The van der Waals surface area contributed by atoms with Crippen LogP contribution in [-0.2, 0) is 19.1 Å². The molecular formula is C21H28N2O6Si. The van der Waals surface area contributed by atoms with Gasteiger partial charge in [-0.25, -0.2) is 9.59 Å². The summed E-state index contributed by atoms with van der Waals surface area (Å²) in [7, 11) is 1.27. The minimum absolute atomic E-state index is 0.176. The number of carbonyl (C=O) groups is 2. The molecule has 0 radical (unpaired) electrons. The third-order valence-electron chi connectivity index (χ3n) is 5.07. The number of hydrogen-bond donors (Lipinski definition) is 0. The molecule has 9 heteroatoms. The van der Waals surface area contributed by atoms with Crippen molar-refractivity contribution in [3.05, 3.63) is 62.5 Å². The second-order valence-corrected chi connectivity index (χ2v) is 13.8. The molecule has 0 N–H and O–H groups in total. The molecular weight excluding hydrogens is 404 g/mol. The average Bonchev–Trinajstić information content (AvgIpc) is 2.68. The molecule has 1 aromatic rings. The van der Waals surface area contributed by atoms with Gasteiger partial charge in [0.05, 0.1) is 43.4 Å². The van der Waals surface area contributed by atoms with Crippen LogP contribution in [0, 0.1) is 10.1 Å². The highest BCUT2D eigenvalue weighted by Crippen LogP contribution is 2.44. The fourth-order valence-electron chi connectivity index (χ4n) is 3.38. The number of nitro groups is 1. The normalized spacial score (nSPS) is 17.2. The number of para-hydroxylation sites is 1. The third kappa shape index (κ3) is 4.61. The number of hydrogen-bond acceptors (Lipinski definition) is 7. The second-order valence-electron chi connectivity index (χ2n) is 8.43. The van der Waals surface area contributed by atoms with Crippen LogP contribution in [0.25, 0.3) is 0 Å². The zero-order valence-electron chi connectivity index (χ0n) is 18.4. The lowest BCUT2D eigenvalue weighted by Gasteiger charge is -2.35. The molecule has 1 unspecified atom stereocenters. The Morgan fingerprint density at radius 2 is 1.63 bits per heavy atom. The number of benzene rings is 1. The zero-order valence-corrected chi connectivity index (χ0v) is 19.4. The maximum Gasteiger partial charge on any atom is 0.336 e. The first-order valence-corrected chi connectivity index (χ1v) is 13.3. The van der Waals surface area contributed by atoms with Crippen molar-refractivity contribution >= 4 is 25.7 Å². The summed E-state index contributed by atoms with van der Waals surface area (Å²) in [5, 5.41) is 11.7. The van der Waals surface area contributed by atoms with Crippen molar-refractivity contribution in [2.24, 2.45) is 0 Å². The Morgan fingerprint density at radius 3 is 2.13 bits per heavy atom. The Labute approximate surface area is 177 Å². The predicted octanol–water partition coefficient (Wildman–Crippen LogP) is 3.77. The van der Waals surface area contributed by atoms with E-state index >= 15 is 0 Å². The van der Waals surface area contributed by atoms with Crippen LogP contribution in [-0.4, -0.2) is 50.2 Å². The lowest BCUT2D eigenvalue weighted by molar-refractivity contribution is -0.385. The molecule has 162 valence electrons. The van der Waals surface area contributed by atoms with Crippen LogP contribution in [0.1, 0.15) is 25.3 Å². The van der Waals surface area contributed by atoms with Gasteiger partial charge in [0.1, 0.15) is 0 Å².